The van der Waals surface area contributed by atoms with Crippen molar-refractivity contribution in [2.75, 3.05) is 31.0 Å². The Morgan fingerprint density at radius 2 is 2.27 bits per heavy atom. The highest BCUT2D eigenvalue weighted by molar-refractivity contribution is 8.03. The van der Waals surface area contributed by atoms with E-state index in [1.54, 1.807) is 0 Å². The summed E-state index contributed by atoms with van der Waals surface area (Å²) in [4.78, 5) is 59.3. The zero-order valence-corrected chi connectivity index (χ0v) is 19.4. The number of β-lactam (4-membered cyclic amide) rings is 1. The molecule has 3 aliphatic heterocycles. The summed E-state index contributed by atoms with van der Waals surface area (Å²) in [5, 5.41) is 17.2. The SMILES string of the molecule is CO/N=C(\C(=O)N[C@@H]1C(=O)N2C(C(=O)O)=C(CSC3=CC(=O)OC3)CS[C@H]12)c1csc(N)n1. The number of anilines is 1. The second kappa shape index (κ2) is 9.44. The number of rotatable bonds is 8. The number of thiazole rings is 1. The molecule has 33 heavy (non-hydrogen) atoms. The second-order valence-corrected chi connectivity index (χ2v) is 9.92. The van der Waals surface area contributed by atoms with Crippen molar-refractivity contribution in [3.63, 3.8) is 0 Å². The van der Waals surface area contributed by atoms with Crippen molar-refractivity contribution in [3.8, 4) is 0 Å². The Morgan fingerprint density at radius 3 is 2.88 bits per heavy atom. The minimum Gasteiger partial charge on any atom is -0.477 e. The predicted octanol–water partition coefficient (Wildman–Crippen LogP) is -0.0117. The molecule has 1 aromatic heterocycles. The van der Waals surface area contributed by atoms with Gasteiger partial charge in [-0.3, -0.25) is 14.5 Å². The Labute approximate surface area is 199 Å². The molecule has 15 heteroatoms. The van der Waals surface area contributed by atoms with Gasteiger partial charge in [0.05, 0.1) is 0 Å². The van der Waals surface area contributed by atoms with Crippen LogP contribution in [0.4, 0.5) is 5.13 Å². The molecule has 0 spiro atoms. The number of nitrogens with two attached hydrogens (primary N) is 1. The van der Waals surface area contributed by atoms with Crippen LogP contribution >= 0.6 is 34.9 Å². The van der Waals surface area contributed by atoms with Crippen LogP contribution < -0.4 is 11.1 Å². The Morgan fingerprint density at radius 1 is 1.48 bits per heavy atom. The van der Waals surface area contributed by atoms with Crippen LogP contribution in [0.25, 0.3) is 0 Å². The highest BCUT2D eigenvalue weighted by Gasteiger charge is 2.54. The minimum absolute atomic E-state index is 0.106. The lowest BCUT2D eigenvalue weighted by Crippen LogP contribution is -2.71. The maximum Gasteiger partial charge on any atom is 0.352 e. The lowest BCUT2D eigenvalue weighted by atomic mass is 10.0. The average molecular weight is 512 g/mol. The van der Waals surface area contributed by atoms with E-state index in [1.165, 1.54) is 47.0 Å². The third kappa shape index (κ3) is 4.56. The van der Waals surface area contributed by atoms with Gasteiger partial charge in [0, 0.05) is 27.9 Å². The maximum absolute atomic E-state index is 12.8. The number of carbonyl (C=O) groups is 4. The molecule has 4 heterocycles. The lowest BCUT2D eigenvalue weighted by molar-refractivity contribution is -0.150. The molecule has 174 valence electrons. The summed E-state index contributed by atoms with van der Waals surface area (Å²) in [5.74, 6) is -2.27. The number of carbonyl (C=O) groups excluding carboxylic acids is 3. The Balaban J connectivity index is 1.48. The van der Waals surface area contributed by atoms with Gasteiger partial charge < -0.3 is 25.7 Å². The molecule has 0 radical (unpaired) electrons. The van der Waals surface area contributed by atoms with Crippen LogP contribution in [0.1, 0.15) is 5.69 Å². The number of aliphatic carboxylic acids is 1. The van der Waals surface area contributed by atoms with E-state index in [0.29, 0.717) is 22.0 Å². The summed E-state index contributed by atoms with van der Waals surface area (Å²) in [5.41, 5.74) is 6.11. The predicted molar refractivity (Wildman–Crippen MR) is 121 cm³/mol. The Kier molecular flexibility index (Phi) is 6.62. The van der Waals surface area contributed by atoms with Crippen LogP contribution in [0.3, 0.4) is 0 Å². The molecule has 0 unspecified atom stereocenters. The number of nitrogens with one attached hydrogen (secondary N) is 1. The van der Waals surface area contributed by atoms with Crippen LogP contribution in [-0.2, 0) is 28.8 Å². The van der Waals surface area contributed by atoms with E-state index >= 15 is 0 Å². The van der Waals surface area contributed by atoms with Crippen LogP contribution in [0, 0.1) is 0 Å². The number of ether oxygens (including phenoxy) is 1. The van der Waals surface area contributed by atoms with Gasteiger partial charge in [-0.15, -0.1) is 34.9 Å². The van der Waals surface area contributed by atoms with E-state index in [2.05, 4.69) is 15.5 Å². The van der Waals surface area contributed by atoms with Crippen molar-refractivity contribution >= 4 is 69.5 Å². The number of carboxylic acids is 1. The first-order chi connectivity index (χ1) is 15.8. The Hall–Kier alpha value is -3.04. The fourth-order valence-corrected chi connectivity index (χ4v) is 6.26. The van der Waals surface area contributed by atoms with Gasteiger partial charge in [-0.25, -0.2) is 14.6 Å². The smallest absolute Gasteiger partial charge is 0.352 e. The molecule has 12 nitrogen and oxygen atoms in total. The van der Waals surface area contributed by atoms with Gasteiger partial charge in [0.15, 0.2) is 10.8 Å². The molecule has 2 amide bonds. The van der Waals surface area contributed by atoms with Gasteiger partial charge in [-0.1, -0.05) is 5.16 Å². The van der Waals surface area contributed by atoms with E-state index in [-0.39, 0.29) is 28.8 Å². The fourth-order valence-electron chi connectivity index (χ4n) is 3.32. The third-order valence-electron chi connectivity index (χ3n) is 4.77. The summed E-state index contributed by atoms with van der Waals surface area (Å²) in [6, 6.07) is -0.937. The number of nitrogens with zero attached hydrogens (tertiary/aromatic N) is 3. The summed E-state index contributed by atoms with van der Waals surface area (Å²) in [7, 11) is 1.27. The van der Waals surface area contributed by atoms with E-state index < -0.39 is 35.2 Å². The number of nitrogen functional groups attached to an aromatic ring is 1. The second-order valence-electron chi connectivity index (χ2n) is 6.82. The zero-order chi connectivity index (χ0) is 23.7. The lowest BCUT2D eigenvalue weighted by Gasteiger charge is -2.49. The van der Waals surface area contributed by atoms with Gasteiger partial charge in [0.25, 0.3) is 11.8 Å². The minimum atomic E-state index is -1.23. The number of aromatic nitrogens is 1. The van der Waals surface area contributed by atoms with E-state index in [1.807, 2.05) is 0 Å². The quantitative estimate of drug-likeness (QED) is 0.185. The Bertz CT molecular complexity index is 1130. The molecule has 1 fully saturated rings. The largest absolute Gasteiger partial charge is 0.477 e. The maximum atomic E-state index is 12.8. The number of thioether (sulfide) groups is 2. The van der Waals surface area contributed by atoms with E-state index in [4.69, 9.17) is 15.3 Å². The molecule has 1 aromatic rings. The van der Waals surface area contributed by atoms with Crippen molar-refractivity contribution in [1.29, 1.82) is 0 Å². The number of oxime groups is 1. The van der Waals surface area contributed by atoms with Gasteiger partial charge in [0.2, 0.25) is 0 Å². The molecule has 0 aromatic carbocycles. The highest BCUT2D eigenvalue weighted by Crippen LogP contribution is 2.41. The molecule has 3 aliphatic rings. The average Bonchev–Trinajstić information content (AvgIpc) is 3.40. The number of carboxylic acid groups (broad SMARTS) is 1. The molecule has 0 saturated carbocycles. The third-order valence-corrected chi connectivity index (χ3v) is 7.88. The molecule has 2 atom stereocenters. The molecule has 0 aliphatic carbocycles. The zero-order valence-electron chi connectivity index (χ0n) is 17.0. The monoisotopic (exact) mass is 511 g/mol. The first-order valence-electron chi connectivity index (χ1n) is 9.33. The van der Waals surface area contributed by atoms with Gasteiger partial charge in [-0.2, -0.15) is 0 Å². The van der Waals surface area contributed by atoms with Crippen molar-refractivity contribution < 1.29 is 33.9 Å². The molecule has 1 saturated heterocycles. The molecule has 4 rings (SSSR count). The van der Waals surface area contributed by atoms with Gasteiger partial charge >= 0.3 is 11.9 Å². The van der Waals surface area contributed by atoms with Crippen LogP contribution in [-0.4, -0.2) is 81.1 Å². The van der Waals surface area contributed by atoms with Crippen LogP contribution in [0.15, 0.2) is 32.8 Å². The van der Waals surface area contributed by atoms with Crippen LogP contribution in [0.2, 0.25) is 0 Å². The highest BCUT2D eigenvalue weighted by atomic mass is 32.2. The van der Waals surface area contributed by atoms with E-state index in [9.17, 15) is 24.3 Å². The van der Waals surface area contributed by atoms with Crippen molar-refractivity contribution in [1.82, 2.24) is 15.2 Å². The van der Waals surface area contributed by atoms with Gasteiger partial charge in [0.1, 0.15) is 36.5 Å². The topological polar surface area (TPSA) is 174 Å². The summed E-state index contributed by atoms with van der Waals surface area (Å²) in [6.45, 7) is 0.154. The molecular weight excluding hydrogens is 494 g/mol. The number of esters is 1. The number of hydrogen-bond acceptors (Lipinski definition) is 12. The summed E-state index contributed by atoms with van der Waals surface area (Å²) < 4.78 is 4.84. The van der Waals surface area contributed by atoms with Crippen LogP contribution in [0.5, 0.6) is 0 Å². The van der Waals surface area contributed by atoms with Crippen molar-refractivity contribution in [2.24, 2.45) is 5.16 Å². The van der Waals surface area contributed by atoms with Gasteiger partial charge in [-0.05, 0) is 5.57 Å². The number of amides is 2. The number of fused-ring (bicyclic) bond motifs is 1. The fraction of sp³-hybridized carbons (Fsp3) is 0.333. The number of cyclic esters (lactones) is 1. The normalized spacial score (nSPS) is 22.4. The van der Waals surface area contributed by atoms with Crippen molar-refractivity contribution in [3.05, 3.63) is 33.3 Å². The first kappa shape index (κ1) is 23.1. The van der Waals surface area contributed by atoms with Crippen molar-refractivity contribution in [2.45, 2.75) is 11.4 Å². The molecular formula is C18H17N5O7S3. The summed E-state index contributed by atoms with van der Waals surface area (Å²) in [6.07, 6.45) is 1.36. The van der Waals surface area contributed by atoms with E-state index in [0.717, 1.165) is 11.3 Å². The standard InChI is InChI=1S/C18H17N5O7S3/c1-29-22-11(9-6-33-18(19)20-9)14(25)21-12-15(26)23-13(17(27)28)7(5-32-16(12)23)4-31-8-2-10(24)30-3-8/h2,6,12,16H,3-5H2,1H3,(H2,19,20)(H,21,25)(H,27,28)/b22-11-/t12-,16-/m1/s1. The molecule has 0 bridgehead atoms. The molecule has 4 N–H and O–H groups in total. The number of hydrogen-bond donors (Lipinski definition) is 3. The summed E-state index contributed by atoms with van der Waals surface area (Å²) >= 11 is 3.75. The first-order valence-corrected chi connectivity index (χ1v) is 12.2.